The van der Waals surface area contributed by atoms with Crippen LogP contribution in [0.4, 0.5) is 8.78 Å². The molecule has 1 aromatic heterocycles. The van der Waals surface area contributed by atoms with Gasteiger partial charge in [0.15, 0.2) is 0 Å². The molecule has 1 amide bonds. The molecule has 0 unspecified atom stereocenters. The van der Waals surface area contributed by atoms with E-state index >= 15 is 0 Å². The lowest BCUT2D eigenvalue weighted by atomic mass is 9.95. The first-order valence-electron chi connectivity index (χ1n) is 6.81. The van der Waals surface area contributed by atoms with E-state index in [1.54, 1.807) is 6.92 Å². The number of amides is 1. The number of carbonyl (C=O) groups excluding carboxylic acids is 1. The predicted octanol–water partition coefficient (Wildman–Crippen LogP) is 0.331. The molecule has 2 N–H and O–H groups in total. The number of alkyl halides is 2. The summed E-state index contributed by atoms with van der Waals surface area (Å²) in [5, 5.41) is 22.6. The molecule has 2 heterocycles. The van der Waals surface area contributed by atoms with Crippen molar-refractivity contribution in [1.82, 2.24) is 14.7 Å². The molecule has 1 aliphatic rings. The first-order chi connectivity index (χ1) is 9.92. The number of nitrogens with zero attached hydrogens (tertiary/aromatic N) is 3. The molecule has 1 aromatic rings. The van der Waals surface area contributed by atoms with E-state index < -0.39 is 12.5 Å². The van der Waals surface area contributed by atoms with E-state index in [0.717, 1.165) is 0 Å². The number of β-amino-alcohol motifs (C(OH)–C–C–N with tert-alkyl or cyclic N) is 1. The molecule has 21 heavy (non-hydrogen) atoms. The van der Waals surface area contributed by atoms with Crippen LogP contribution < -0.4 is 0 Å². The van der Waals surface area contributed by atoms with Crippen LogP contribution in [-0.2, 0) is 11.3 Å². The summed E-state index contributed by atoms with van der Waals surface area (Å²) in [4.78, 5) is 13.6. The first-order valence-corrected chi connectivity index (χ1v) is 6.81. The normalized spacial score (nSPS) is 22.9. The van der Waals surface area contributed by atoms with E-state index in [0.29, 0.717) is 18.7 Å². The molecular weight excluding hydrogens is 284 g/mol. The molecule has 0 spiro atoms. The van der Waals surface area contributed by atoms with Gasteiger partial charge < -0.3 is 15.1 Å². The lowest BCUT2D eigenvalue weighted by Gasteiger charge is -2.35. The van der Waals surface area contributed by atoms with Gasteiger partial charge in [0.25, 0.3) is 6.43 Å². The predicted molar refractivity (Wildman–Crippen MR) is 69.7 cm³/mol. The number of aryl methyl sites for hydroxylation is 1. The van der Waals surface area contributed by atoms with Crippen molar-refractivity contribution < 1.29 is 23.8 Å². The number of carbonyl (C=O) groups is 1. The molecule has 0 aliphatic carbocycles. The van der Waals surface area contributed by atoms with Gasteiger partial charge in [-0.25, -0.2) is 8.78 Å². The van der Waals surface area contributed by atoms with Crippen LogP contribution in [0.2, 0.25) is 0 Å². The van der Waals surface area contributed by atoms with Crippen molar-refractivity contribution >= 4 is 5.91 Å². The van der Waals surface area contributed by atoms with E-state index in [4.69, 9.17) is 5.11 Å². The number of aromatic nitrogens is 2. The van der Waals surface area contributed by atoms with E-state index in [2.05, 4.69) is 5.10 Å². The maximum atomic E-state index is 12.6. The Bertz CT molecular complexity index is 507. The summed E-state index contributed by atoms with van der Waals surface area (Å²) in [6, 6.07) is 1.25. The Morgan fingerprint density at radius 2 is 2.29 bits per heavy atom. The number of aliphatic hydroxyl groups is 2. The van der Waals surface area contributed by atoms with Crippen molar-refractivity contribution in [2.45, 2.75) is 32.4 Å². The Morgan fingerprint density at radius 1 is 1.57 bits per heavy atom. The minimum Gasteiger partial charge on any atom is -0.396 e. The van der Waals surface area contributed by atoms with E-state index in [-0.39, 0.29) is 37.2 Å². The summed E-state index contributed by atoms with van der Waals surface area (Å²) in [5.74, 6) is -0.497. The summed E-state index contributed by atoms with van der Waals surface area (Å²) in [5.41, 5.74) is 0.142. The molecule has 8 heteroatoms. The number of halogens is 2. The standard InChI is InChI=1S/C13H19F2N3O3/c1-8-4-10(13(14)15)16-18(8)6-12(21)17-3-2-9(7-19)11(20)5-17/h4,9,11,13,19-20H,2-3,5-7H2,1H3/t9-,11-/m1/s1. The van der Waals surface area contributed by atoms with Crippen LogP contribution in [0.15, 0.2) is 6.07 Å². The quantitative estimate of drug-likeness (QED) is 0.840. The van der Waals surface area contributed by atoms with Gasteiger partial charge in [0.2, 0.25) is 5.91 Å². The zero-order valence-electron chi connectivity index (χ0n) is 11.7. The van der Waals surface area contributed by atoms with E-state index in [9.17, 15) is 18.7 Å². The summed E-state index contributed by atoms with van der Waals surface area (Å²) in [6.45, 7) is 1.95. The molecule has 1 aliphatic heterocycles. The number of hydrogen-bond donors (Lipinski definition) is 2. The summed E-state index contributed by atoms with van der Waals surface area (Å²) in [6.07, 6.45) is -2.91. The topological polar surface area (TPSA) is 78.6 Å². The van der Waals surface area contributed by atoms with Crippen LogP contribution in [0.1, 0.15) is 24.2 Å². The summed E-state index contributed by atoms with van der Waals surface area (Å²) < 4.78 is 26.4. The van der Waals surface area contributed by atoms with Gasteiger partial charge in [-0.3, -0.25) is 9.48 Å². The maximum Gasteiger partial charge on any atom is 0.282 e. The Labute approximate surface area is 121 Å². The third-order valence-electron chi connectivity index (χ3n) is 3.82. The lowest BCUT2D eigenvalue weighted by Crippen LogP contribution is -2.48. The molecule has 2 atom stereocenters. The van der Waals surface area contributed by atoms with Crippen LogP contribution in [0.25, 0.3) is 0 Å². The van der Waals surface area contributed by atoms with Gasteiger partial charge >= 0.3 is 0 Å². The van der Waals surface area contributed by atoms with Crippen LogP contribution >= 0.6 is 0 Å². The second-order valence-electron chi connectivity index (χ2n) is 5.31. The van der Waals surface area contributed by atoms with Crippen LogP contribution in [0, 0.1) is 12.8 Å². The fourth-order valence-electron chi connectivity index (χ4n) is 2.45. The maximum absolute atomic E-state index is 12.6. The van der Waals surface area contributed by atoms with Crippen molar-refractivity contribution in [3.05, 3.63) is 17.5 Å². The molecule has 2 rings (SSSR count). The first kappa shape index (κ1) is 15.8. The van der Waals surface area contributed by atoms with Gasteiger partial charge in [-0.15, -0.1) is 0 Å². The van der Waals surface area contributed by atoms with Crippen LogP contribution in [-0.4, -0.2) is 56.6 Å². The second-order valence-corrected chi connectivity index (χ2v) is 5.31. The Balaban J connectivity index is 1.99. The Morgan fingerprint density at radius 3 is 2.81 bits per heavy atom. The smallest absolute Gasteiger partial charge is 0.282 e. The highest BCUT2D eigenvalue weighted by atomic mass is 19.3. The Kier molecular flexibility index (Phi) is 4.89. The van der Waals surface area contributed by atoms with Crippen molar-refractivity contribution in [3.8, 4) is 0 Å². The Hall–Kier alpha value is -1.54. The summed E-state index contributed by atoms with van der Waals surface area (Å²) in [7, 11) is 0. The van der Waals surface area contributed by atoms with E-state index in [1.165, 1.54) is 15.6 Å². The van der Waals surface area contributed by atoms with Gasteiger partial charge in [-0.1, -0.05) is 0 Å². The monoisotopic (exact) mass is 303 g/mol. The molecule has 0 bridgehead atoms. The number of rotatable bonds is 4. The SMILES string of the molecule is Cc1cc(C(F)F)nn1CC(=O)N1CC[C@H](CO)[C@H](O)C1. The molecule has 1 fully saturated rings. The third-order valence-corrected chi connectivity index (χ3v) is 3.82. The van der Waals surface area contributed by atoms with E-state index in [1.807, 2.05) is 0 Å². The largest absolute Gasteiger partial charge is 0.396 e. The van der Waals surface area contributed by atoms with Crippen LogP contribution in [0.3, 0.4) is 0 Å². The molecular formula is C13H19F2N3O3. The number of aliphatic hydroxyl groups excluding tert-OH is 2. The van der Waals surface area contributed by atoms with Crippen molar-refractivity contribution in [2.24, 2.45) is 5.92 Å². The highest BCUT2D eigenvalue weighted by molar-refractivity contribution is 5.76. The van der Waals surface area contributed by atoms with Gasteiger partial charge in [-0.2, -0.15) is 5.10 Å². The molecule has 6 nitrogen and oxygen atoms in total. The van der Waals surface area contributed by atoms with Crippen molar-refractivity contribution in [1.29, 1.82) is 0 Å². The summed E-state index contributed by atoms with van der Waals surface area (Å²) >= 11 is 0. The fraction of sp³-hybridized carbons (Fsp3) is 0.692. The minimum absolute atomic E-state index is 0.112. The number of likely N-dealkylation sites (tertiary alicyclic amines) is 1. The second kappa shape index (κ2) is 6.48. The highest BCUT2D eigenvalue weighted by Crippen LogP contribution is 2.20. The lowest BCUT2D eigenvalue weighted by molar-refractivity contribution is -0.137. The van der Waals surface area contributed by atoms with Crippen molar-refractivity contribution in [3.63, 3.8) is 0 Å². The van der Waals surface area contributed by atoms with Crippen LogP contribution in [0.5, 0.6) is 0 Å². The molecule has 0 saturated carbocycles. The zero-order chi connectivity index (χ0) is 15.6. The van der Waals surface area contributed by atoms with Crippen molar-refractivity contribution in [2.75, 3.05) is 19.7 Å². The minimum atomic E-state index is -2.66. The number of piperidine rings is 1. The highest BCUT2D eigenvalue weighted by Gasteiger charge is 2.30. The number of hydrogen-bond acceptors (Lipinski definition) is 4. The van der Waals surface area contributed by atoms with Gasteiger partial charge in [0.1, 0.15) is 12.2 Å². The van der Waals surface area contributed by atoms with Gasteiger partial charge in [0, 0.05) is 31.3 Å². The average Bonchev–Trinajstić information content (AvgIpc) is 2.80. The third kappa shape index (κ3) is 3.56. The average molecular weight is 303 g/mol. The van der Waals surface area contributed by atoms with Gasteiger partial charge in [0.05, 0.1) is 6.10 Å². The molecule has 0 radical (unpaired) electrons. The fourth-order valence-corrected chi connectivity index (χ4v) is 2.45. The molecule has 118 valence electrons. The molecule has 1 saturated heterocycles. The zero-order valence-corrected chi connectivity index (χ0v) is 11.7. The van der Waals surface area contributed by atoms with Gasteiger partial charge in [-0.05, 0) is 19.4 Å². The molecule has 0 aromatic carbocycles.